The predicted molar refractivity (Wildman–Crippen MR) is 97.7 cm³/mol. The highest BCUT2D eigenvalue weighted by Crippen LogP contribution is 2.34. The van der Waals surface area contributed by atoms with E-state index in [1.165, 1.54) is 0 Å². The first-order valence-electron chi connectivity index (χ1n) is 8.33. The molecule has 0 unspecified atom stereocenters. The molecule has 1 saturated heterocycles. The molecule has 1 aliphatic heterocycles. The molecule has 1 aliphatic rings. The van der Waals surface area contributed by atoms with E-state index >= 15 is 0 Å². The summed E-state index contributed by atoms with van der Waals surface area (Å²) in [5.41, 5.74) is 0.487. The third kappa shape index (κ3) is 5.37. The Bertz CT molecular complexity index is 652. The summed E-state index contributed by atoms with van der Waals surface area (Å²) in [6.45, 7) is 7.42. The van der Waals surface area contributed by atoms with Crippen molar-refractivity contribution in [2.75, 3.05) is 24.7 Å². The molecule has 3 atom stereocenters. The minimum Gasteiger partial charge on any atom is -0.377 e. The van der Waals surface area contributed by atoms with Gasteiger partial charge in [0.2, 0.25) is 0 Å². The number of nitrogens with one attached hydrogen (secondary N) is 2. The zero-order valence-electron chi connectivity index (χ0n) is 15.1. The molecule has 1 fully saturated rings. The third-order valence-corrected chi connectivity index (χ3v) is 5.18. The van der Waals surface area contributed by atoms with Crippen LogP contribution in [0.5, 0.6) is 0 Å². The highest BCUT2D eigenvalue weighted by molar-refractivity contribution is 7.84. The van der Waals surface area contributed by atoms with Gasteiger partial charge in [-0.2, -0.15) is 0 Å². The highest BCUT2D eigenvalue weighted by atomic mass is 32.2. The van der Waals surface area contributed by atoms with Crippen molar-refractivity contribution in [3.8, 4) is 0 Å². The molecule has 2 rings (SSSR count). The first-order chi connectivity index (χ1) is 11.7. The van der Waals surface area contributed by atoms with Crippen LogP contribution in [0, 0.1) is 11.3 Å². The fourth-order valence-electron chi connectivity index (χ4n) is 3.02. The average Bonchev–Trinajstić information content (AvgIpc) is 3.01. The van der Waals surface area contributed by atoms with Gasteiger partial charge in [0, 0.05) is 46.7 Å². The fraction of sp³-hybridized carbons (Fsp3) is 0.556. The highest BCUT2D eigenvalue weighted by Gasteiger charge is 2.37. The van der Waals surface area contributed by atoms with Crippen molar-refractivity contribution in [3.05, 3.63) is 24.3 Å². The van der Waals surface area contributed by atoms with Gasteiger partial charge in [-0.3, -0.25) is 13.8 Å². The molecule has 0 spiro atoms. The number of benzene rings is 1. The lowest BCUT2D eigenvalue weighted by atomic mass is 9.81. The van der Waals surface area contributed by atoms with Gasteiger partial charge in [0.15, 0.2) is 0 Å². The molecule has 138 valence electrons. The number of amides is 2. The van der Waals surface area contributed by atoms with Gasteiger partial charge in [-0.1, -0.05) is 20.8 Å². The van der Waals surface area contributed by atoms with Crippen LogP contribution in [-0.4, -0.2) is 41.5 Å². The number of carbonyl (C=O) groups excluding carboxylic acids is 2. The van der Waals surface area contributed by atoms with E-state index < -0.39 is 22.6 Å². The van der Waals surface area contributed by atoms with E-state index in [0.717, 1.165) is 6.42 Å². The predicted octanol–water partition coefficient (Wildman–Crippen LogP) is 1.93. The molecule has 6 nitrogen and oxygen atoms in total. The van der Waals surface area contributed by atoms with Crippen molar-refractivity contribution in [1.82, 2.24) is 5.32 Å². The van der Waals surface area contributed by atoms with Gasteiger partial charge in [-0.15, -0.1) is 0 Å². The van der Waals surface area contributed by atoms with Gasteiger partial charge < -0.3 is 15.4 Å². The molecule has 2 N–H and O–H groups in total. The Morgan fingerprint density at radius 2 is 1.84 bits per heavy atom. The van der Waals surface area contributed by atoms with E-state index in [1.54, 1.807) is 30.5 Å². The summed E-state index contributed by atoms with van der Waals surface area (Å²) < 4.78 is 17.1. The van der Waals surface area contributed by atoms with Crippen LogP contribution < -0.4 is 10.6 Å². The average molecular weight is 366 g/mol. The van der Waals surface area contributed by atoms with E-state index in [0.29, 0.717) is 23.7 Å². The lowest BCUT2D eigenvalue weighted by Gasteiger charge is -2.31. The largest absolute Gasteiger partial charge is 0.377 e. The van der Waals surface area contributed by atoms with Crippen LogP contribution in [0.15, 0.2) is 29.2 Å². The summed E-state index contributed by atoms with van der Waals surface area (Å²) in [5.74, 6) is -1.17. The molecule has 0 bridgehead atoms. The van der Waals surface area contributed by atoms with Gasteiger partial charge in [-0.25, -0.2) is 0 Å². The zero-order chi connectivity index (χ0) is 18.6. The van der Waals surface area contributed by atoms with Gasteiger partial charge in [0.25, 0.3) is 0 Å². The second-order valence-electron chi connectivity index (χ2n) is 7.35. The zero-order valence-corrected chi connectivity index (χ0v) is 15.9. The summed E-state index contributed by atoms with van der Waals surface area (Å²) in [6.07, 6.45) is 2.52. The number of anilines is 1. The number of hydrogen-bond donors (Lipinski definition) is 2. The van der Waals surface area contributed by atoms with Crippen molar-refractivity contribution in [1.29, 1.82) is 0 Å². The number of ether oxygens (including phenoxy) is 1. The van der Waals surface area contributed by atoms with Crippen molar-refractivity contribution in [3.63, 3.8) is 0 Å². The Balaban J connectivity index is 1.86. The maximum Gasteiger partial charge on any atom is 0.313 e. The molecule has 1 heterocycles. The fourth-order valence-corrected chi connectivity index (χ4v) is 3.54. The Labute approximate surface area is 151 Å². The standard InChI is InChI=1S/C18H26N2O4S/c1-18(2,3)15-12(9-10-24-15)11-19-16(21)17(22)20-13-5-7-14(8-6-13)25(4)23/h5-8,12,15H,9-11H2,1-4H3,(H,19,21)(H,20,22)/t12-,15-,25+/m1/s1. The SMILES string of the molecule is C[S@](=O)c1ccc(NC(=O)C(=O)NC[C@H]2CCO[C@H]2C(C)(C)C)cc1. The molecule has 7 heteroatoms. The van der Waals surface area contributed by atoms with Gasteiger partial charge >= 0.3 is 11.8 Å². The second kappa shape index (κ2) is 8.10. The molecule has 25 heavy (non-hydrogen) atoms. The van der Waals surface area contributed by atoms with Crippen molar-refractivity contribution in [2.45, 2.75) is 38.2 Å². The third-order valence-electron chi connectivity index (χ3n) is 4.24. The minimum absolute atomic E-state index is 0.00470. The van der Waals surface area contributed by atoms with Crippen molar-refractivity contribution in [2.24, 2.45) is 11.3 Å². The van der Waals surface area contributed by atoms with Crippen LogP contribution in [-0.2, 0) is 25.1 Å². The number of rotatable bonds is 4. The van der Waals surface area contributed by atoms with Gasteiger partial charge in [-0.05, 0) is 36.1 Å². The lowest BCUT2D eigenvalue weighted by Crippen LogP contribution is -2.42. The van der Waals surface area contributed by atoms with Crippen LogP contribution in [0.3, 0.4) is 0 Å². The quantitative estimate of drug-likeness (QED) is 0.798. The summed E-state index contributed by atoms with van der Waals surface area (Å²) in [5, 5.41) is 5.24. The Kier molecular flexibility index (Phi) is 6.35. The van der Waals surface area contributed by atoms with Crippen molar-refractivity contribution < 1.29 is 18.5 Å². The summed E-state index contributed by atoms with van der Waals surface area (Å²) >= 11 is 0. The van der Waals surface area contributed by atoms with Crippen LogP contribution in [0.2, 0.25) is 0 Å². The summed E-state index contributed by atoms with van der Waals surface area (Å²) in [7, 11) is -1.08. The van der Waals surface area contributed by atoms with E-state index in [2.05, 4.69) is 31.4 Å². The van der Waals surface area contributed by atoms with E-state index in [1.807, 2.05) is 0 Å². The first kappa shape index (κ1) is 19.6. The molecular weight excluding hydrogens is 340 g/mol. The normalized spacial score (nSPS) is 21.6. The molecule has 1 aromatic rings. The van der Waals surface area contributed by atoms with Crippen molar-refractivity contribution >= 4 is 28.3 Å². The molecule has 0 saturated carbocycles. The maximum absolute atomic E-state index is 12.0. The topological polar surface area (TPSA) is 84.5 Å². The van der Waals surface area contributed by atoms with Crippen LogP contribution in [0.1, 0.15) is 27.2 Å². The minimum atomic E-state index is -1.08. The Hall–Kier alpha value is -1.73. The first-order valence-corrected chi connectivity index (χ1v) is 9.88. The molecule has 0 radical (unpaired) electrons. The second-order valence-corrected chi connectivity index (χ2v) is 8.73. The van der Waals surface area contributed by atoms with Crippen LogP contribution in [0.4, 0.5) is 5.69 Å². The number of carbonyl (C=O) groups is 2. The molecular formula is C18H26N2O4S. The lowest BCUT2D eigenvalue weighted by molar-refractivity contribution is -0.136. The smallest absolute Gasteiger partial charge is 0.313 e. The maximum atomic E-state index is 12.0. The van der Waals surface area contributed by atoms with E-state index in [4.69, 9.17) is 4.74 Å². The van der Waals surface area contributed by atoms with Crippen LogP contribution >= 0.6 is 0 Å². The number of hydrogen-bond acceptors (Lipinski definition) is 4. The van der Waals surface area contributed by atoms with Gasteiger partial charge in [0.1, 0.15) is 0 Å². The van der Waals surface area contributed by atoms with Crippen LogP contribution in [0.25, 0.3) is 0 Å². The molecule has 0 aliphatic carbocycles. The summed E-state index contributed by atoms with van der Waals surface area (Å²) in [4.78, 5) is 24.7. The molecule has 2 amide bonds. The Morgan fingerprint density at radius 3 is 2.40 bits per heavy atom. The van der Waals surface area contributed by atoms with E-state index in [-0.39, 0.29) is 17.4 Å². The summed E-state index contributed by atoms with van der Waals surface area (Å²) in [6, 6.07) is 6.57. The van der Waals surface area contributed by atoms with Gasteiger partial charge in [0.05, 0.1) is 6.10 Å². The van der Waals surface area contributed by atoms with E-state index in [9.17, 15) is 13.8 Å². The molecule has 1 aromatic carbocycles. The monoisotopic (exact) mass is 366 g/mol. The molecule has 0 aromatic heterocycles. The Morgan fingerprint density at radius 1 is 1.20 bits per heavy atom.